The van der Waals surface area contributed by atoms with Crippen molar-refractivity contribution >= 4 is 29.9 Å². The first kappa shape index (κ1) is 20.0. The van der Waals surface area contributed by atoms with E-state index in [9.17, 15) is 0 Å². The third kappa shape index (κ3) is 7.67. The molecule has 1 unspecified atom stereocenters. The van der Waals surface area contributed by atoms with Crippen LogP contribution in [0.3, 0.4) is 0 Å². The first-order valence-corrected chi connectivity index (χ1v) is 7.68. The van der Waals surface area contributed by atoms with E-state index >= 15 is 0 Å². The van der Waals surface area contributed by atoms with Crippen LogP contribution in [-0.2, 0) is 0 Å². The molecule has 0 aliphatic carbocycles. The molecule has 0 saturated carbocycles. The molecule has 0 spiro atoms. The molecule has 1 aliphatic rings. The van der Waals surface area contributed by atoms with Crippen molar-refractivity contribution in [3.05, 3.63) is 0 Å². The maximum Gasteiger partial charge on any atom is 0.191 e. The molecule has 4 nitrogen and oxygen atoms in total. The predicted molar refractivity (Wildman–Crippen MR) is 96.5 cm³/mol. The van der Waals surface area contributed by atoms with E-state index < -0.39 is 0 Å². The molecule has 20 heavy (non-hydrogen) atoms. The molecule has 1 rings (SSSR count). The van der Waals surface area contributed by atoms with E-state index in [2.05, 4.69) is 30.7 Å². The molecular formula is C15H32IN3O. The minimum Gasteiger partial charge on any atom is -0.396 e. The van der Waals surface area contributed by atoms with E-state index in [4.69, 9.17) is 10.8 Å². The Morgan fingerprint density at radius 3 is 2.45 bits per heavy atom. The highest BCUT2D eigenvalue weighted by atomic mass is 127. The first-order valence-electron chi connectivity index (χ1n) is 7.68. The summed E-state index contributed by atoms with van der Waals surface area (Å²) in [4.78, 5) is 6.75. The molecule has 0 aromatic rings. The number of aliphatic hydroxyl groups is 1. The molecule has 1 aliphatic heterocycles. The minimum absolute atomic E-state index is 0. The third-order valence-corrected chi connectivity index (χ3v) is 3.96. The monoisotopic (exact) mass is 397 g/mol. The maximum atomic E-state index is 9.10. The number of aliphatic hydroxyl groups excluding tert-OH is 1. The van der Waals surface area contributed by atoms with E-state index in [0.717, 1.165) is 38.4 Å². The molecule has 120 valence electrons. The van der Waals surface area contributed by atoms with Gasteiger partial charge in [0.2, 0.25) is 0 Å². The molecule has 1 saturated heterocycles. The predicted octanol–water partition coefficient (Wildman–Crippen LogP) is 2.70. The lowest BCUT2D eigenvalue weighted by molar-refractivity contribution is 0.244. The summed E-state index contributed by atoms with van der Waals surface area (Å²) in [7, 11) is 0. The quantitative estimate of drug-likeness (QED) is 0.412. The van der Waals surface area contributed by atoms with E-state index in [0.29, 0.717) is 17.8 Å². The lowest BCUT2D eigenvalue weighted by Gasteiger charge is -2.31. The molecule has 0 aromatic carbocycles. The first-order chi connectivity index (χ1) is 9.02. The number of nitrogens with two attached hydrogens (primary N) is 1. The van der Waals surface area contributed by atoms with Gasteiger partial charge in [0, 0.05) is 26.2 Å². The Balaban J connectivity index is 0.00000361. The Bertz CT molecular complexity index is 276. The van der Waals surface area contributed by atoms with Crippen LogP contribution in [0.2, 0.25) is 0 Å². The molecule has 3 N–H and O–H groups in total. The highest BCUT2D eigenvalue weighted by molar-refractivity contribution is 14.0. The van der Waals surface area contributed by atoms with Crippen molar-refractivity contribution in [3.63, 3.8) is 0 Å². The van der Waals surface area contributed by atoms with Gasteiger partial charge in [-0.2, -0.15) is 0 Å². The summed E-state index contributed by atoms with van der Waals surface area (Å²) in [5, 5.41) is 9.10. The number of likely N-dealkylation sites (tertiary alicyclic amines) is 1. The van der Waals surface area contributed by atoms with Gasteiger partial charge >= 0.3 is 0 Å². The van der Waals surface area contributed by atoms with Crippen LogP contribution in [0.4, 0.5) is 0 Å². The van der Waals surface area contributed by atoms with Crippen LogP contribution in [0.25, 0.3) is 0 Å². The summed E-state index contributed by atoms with van der Waals surface area (Å²) >= 11 is 0. The van der Waals surface area contributed by atoms with Gasteiger partial charge in [-0.1, -0.05) is 20.8 Å². The summed E-state index contributed by atoms with van der Waals surface area (Å²) in [6, 6.07) is 0. The average molecular weight is 397 g/mol. The molecule has 0 bridgehead atoms. The zero-order valence-corrected chi connectivity index (χ0v) is 15.5. The van der Waals surface area contributed by atoms with Crippen LogP contribution in [0.5, 0.6) is 0 Å². The van der Waals surface area contributed by atoms with Crippen LogP contribution in [0, 0.1) is 17.8 Å². The van der Waals surface area contributed by atoms with Gasteiger partial charge in [0.05, 0.1) is 0 Å². The fourth-order valence-corrected chi connectivity index (χ4v) is 2.69. The summed E-state index contributed by atoms with van der Waals surface area (Å²) in [5.41, 5.74) is 6.08. The number of halogens is 1. The Labute approximate surface area is 141 Å². The molecular weight excluding hydrogens is 365 g/mol. The molecule has 0 amide bonds. The standard InChI is InChI=1S/C15H31N3O.HI/c1-12(2)10-14(6-9-19)11-17-15(16)18-7-4-13(3)5-8-18;/h12-14,19H,4-11H2,1-3H3,(H2,16,17);1H. The average Bonchev–Trinajstić information content (AvgIpc) is 2.36. The SMILES string of the molecule is CC(C)CC(CCO)CN=C(N)N1CCC(C)CC1.I. The minimum atomic E-state index is 0. The van der Waals surface area contributed by atoms with Crippen LogP contribution < -0.4 is 5.73 Å². The molecule has 5 heteroatoms. The zero-order chi connectivity index (χ0) is 14.3. The maximum absolute atomic E-state index is 9.10. The Morgan fingerprint density at radius 1 is 1.35 bits per heavy atom. The fourth-order valence-electron chi connectivity index (χ4n) is 2.69. The van der Waals surface area contributed by atoms with Gasteiger partial charge in [0.1, 0.15) is 0 Å². The summed E-state index contributed by atoms with van der Waals surface area (Å²) in [5.74, 6) is 2.60. The van der Waals surface area contributed by atoms with E-state index in [1.54, 1.807) is 0 Å². The summed E-state index contributed by atoms with van der Waals surface area (Å²) in [6.07, 6.45) is 4.35. The second-order valence-corrected chi connectivity index (χ2v) is 6.38. The van der Waals surface area contributed by atoms with E-state index in [-0.39, 0.29) is 30.6 Å². The number of piperidine rings is 1. The lowest BCUT2D eigenvalue weighted by atomic mass is 9.94. The number of rotatable bonds is 6. The highest BCUT2D eigenvalue weighted by Crippen LogP contribution is 2.17. The fraction of sp³-hybridized carbons (Fsp3) is 0.933. The van der Waals surface area contributed by atoms with E-state index in [1.165, 1.54) is 12.8 Å². The van der Waals surface area contributed by atoms with E-state index in [1.807, 2.05) is 0 Å². The topological polar surface area (TPSA) is 61.9 Å². The molecule has 1 atom stereocenters. The number of aliphatic imine (C=N–C) groups is 1. The Morgan fingerprint density at radius 2 is 1.95 bits per heavy atom. The van der Waals surface area contributed by atoms with Crippen molar-refractivity contribution in [2.75, 3.05) is 26.2 Å². The van der Waals surface area contributed by atoms with Gasteiger partial charge in [-0.3, -0.25) is 4.99 Å². The summed E-state index contributed by atoms with van der Waals surface area (Å²) in [6.45, 7) is 9.78. The van der Waals surface area contributed by atoms with Crippen molar-refractivity contribution < 1.29 is 5.11 Å². The van der Waals surface area contributed by atoms with Crippen LogP contribution in [0.15, 0.2) is 4.99 Å². The van der Waals surface area contributed by atoms with Crippen molar-refractivity contribution in [3.8, 4) is 0 Å². The molecule has 1 fully saturated rings. The number of hydrogen-bond donors (Lipinski definition) is 2. The number of guanidine groups is 1. The van der Waals surface area contributed by atoms with Crippen molar-refractivity contribution in [1.82, 2.24) is 4.90 Å². The van der Waals surface area contributed by atoms with Gasteiger partial charge < -0.3 is 15.7 Å². The Hall–Kier alpha value is -0.0400. The van der Waals surface area contributed by atoms with Gasteiger partial charge in [0.25, 0.3) is 0 Å². The van der Waals surface area contributed by atoms with Gasteiger partial charge in [-0.05, 0) is 43.4 Å². The lowest BCUT2D eigenvalue weighted by Crippen LogP contribution is -2.42. The van der Waals surface area contributed by atoms with Gasteiger partial charge in [-0.25, -0.2) is 0 Å². The third-order valence-electron chi connectivity index (χ3n) is 3.96. The van der Waals surface area contributed by atoms with Gasteiger partial charge in [0.15, 0.2) is 5.96 Å². The number of nitrogens with zero attached hydrogens (tertiary/aromatic N) is 2. The zero-order valence-electron chi connectivity index (χ0n) is 13.2. The molecule has 1 heterocycles. The second kappa shape index (κ2) is 10.7. The smallest absolute Gasteiger partial charge is 0.191 e. The van der Waals surface area contributed by atoms with Crippen molar-refractivity contribution in [1.29, 1.82) is 0 Å². The molecule has 0 aromatic heterocycles. The van der Waals surface area contributed by atoms with Crippen molar-refractivity contribution in [2.24, 2.45) is 28.5 Å². The van der Waals surface area contributed by atoms with Crippen LogP contribution in [0.1, 0.15) is 46.5 Å². The highest BCUT2D eigenvalue weighted by Gasteiger charge is 2.17. The van der Waals surface area contributed by atoms with Crippen LogP contribution in [-0.4, -0.2) is 42.2 Å². The summed E-state index contributed by atoms with van der Waals surface area (Å²) < 4.78 is 0. The molecule has 0 radical (unpaired) electrons. The second-order valence-electron chi connectivity index (χ2n) is 6.38. The van der Waals surface area contributed by atoms with Crippen LogP contribution >= 0.6 is 24.0 Å². The Kier molecular flexibility index (Phi) is 10.6. The van der Waals surface area contributed by atoms with Crippen molar-refractivity contribution in [2.45, 2.75) is 46.5 Å². The largest absolute Gasteiger partial charge is 0.396 e. The normalized spacial score (nSPS) is 19.1. The van der Waals surface area contributed by atoms with Gasteiger partial charge in [-0.15, -0.1) is 24.0 Å². The number of hydrogen-bond acceptors (Lipinski definition) is 2.